The third-order valence-electron chi connectivity index (χ3n) is 5.08. The zero-order valence-electron chi connectivity index (χ0n) is 18.1. The fraction of sp³-hybridized carbons (Fsp3) is 0.375. The maximum atomic E-state index is 12.4. The van der Waals surface area contributed by atoms with Crippen molar-refractivity contribution in [3.8, 4) is 5.75 Å². The summed E-state index contributed by atoms with van der Waals surface area (Å²) in [5, 5.41) is 2.74. The number of amides is 2. The van der Waals surface area contributed by atoms with E-state index in [1.54, 1.807) is 29.2 Å². The smallest absolute Gasteiger partial charge is 0.311 e. The van der Waals surface area contributed by atoms with Crippen LogP contribution >= 0.6 is 0 Å². The van der Waals surface area contributed by atoms with E-state index in [0.717, 1.165) is 23.3 Å². The van der Waals surface area contributed by atoms with Gasteiger partial charge in [0.25, 0.3) is 5.91 Å². The van der Waals surface area contributed by atoms with Crippen LogP contribution in [-0.2, 0) is 19.1 Å². The Labute approximate surface area is 182 Å². The Hall–Kier alpha value is -3.35. The monoisotopic (exact) mass is 424 g/mol. The number of esters is 1. The van der Waals surface area contributed by atoms with Crippen LogP contribution in [0.3, 0.4) is 0 Å². The minimum atomic E-state index is -0.600. The van der Waals surface area contributed by atoms with Gasteiger partial charge in [0.1, 0.15) is 5.75 Å². The molecule has 1 heterocycles. The van der Waals surface area contributed by atoms with E-state index in [1.807, 2.05) is 39.0 Å². The summed E-state index contributed by atoms with van der Waals surface area (Å²) < 4.78 is 10.7. The predicted octanol–water partition coefficient (Wildman–Crippen LogP) is 3.63. The molecular formula is C24H28N2O5. The van der Waals surface area contributed by atoms with Crippen LogP contribution in [0.1, 0.15) is 30.9 Å². The molecule has 0 unspecified atom stereocenters. The van der Waals surface area contributed by atoms with Crippen molar-refractivity contribution in [1.29, 1.82) is 0 Å². The maximum absolute atomic E-state index is 12.4. The van der Waals surface area contributed by atoms with E-state index in [4.69, 9.17) is 9.47 Å². The second-order valence-corrected chi connectivity index (χ2v) is 7.72. The van der Waals surface area contributed by atoms with E-state index in [9.17, 15) is 14.4 Å². The van der Waals surface area contributed by atoms with Gasteiger partial charge in [-0.2, -0.15) is 0 Å². The van der Waals surface area contributed by atoms with Crippen molar-refractivity contribution in [2.24, 2.45) is 5.92 Å². The van der Waals surface area contributed by atoms with Crippen molar-refractivity contribution >= 4 is 29.2 Å². The number of benzene rings is 2. The molecule has 0 aliphatic carbocycles. The summed E-state index contributed by atoms with van der Waals surface area (Å²) >= 11 is 0. The Balaban J connectivity index is 1.51. The first-order chi connectivity index (χ1) is 14.9. The van der Waals surface area contributed by atoms with Crippen molar-refractivity contribution < 1.29 is 23.9 Å². The van der Waals surface area contributed by atoms with Gasteiger partial charge in [-0.1, -0.05) is 24.6 Å². The number of nitrogens with zero attached hydrogens (tertiary/aromatic N) is 1. The summed E-state index contributed by atoms with van der Waals surface area (Å²) in [6.45, 7) is 6.37. The standard InChI is InChI=1S/C24H28N2O5/c1-4-11-30-20-8-6-19(7-9-20)26-14-18(13-23(26)28)24(29)31-15-22(27)25-21-10-5-16(2)12-17(21)3/h5-10,12,18H,4,11,13-15H2,1-3H3,(H,25,27)/t18-/m1/s1. The molecule has 2 aromatic rings. The molecule has 1 N–H and O–H groups in total. The molecule has 164 valence electrons. The van der Waals surface area contributed by atoms with Crippen molar-refractivity contribution in [2.45, 2.75) is 33.6 Å². The molecule has 0 aromatic heterocycles. The van der Waals surface area contributed by atoms with E-state index < -0.39 is 17.8 Å². The second-order valence-electron chi connectivity index (χ2n) is 7.72. The molecule has 1 atom stereocenters. The fourth-order valence-electron chi connectivity index (χ4n) is 3.45. The fourth-order valence-corrected chi connectivity index (χ4v) is 3.45. The molecule has 1 saturated heterocycles. The Morgan fingerprint density at radius 3 is 2.55 bits per heavy atom. The summed E-state index contributed by atoms with van der Waals surface area (Å²) in [7, 11) is 0. The molecule has 1 aliphatic heterocycles. The summed E-state index contributed by atoms with van der Waals surface area (Å²) in [6.07, 6.45) is 0.977. The van der Waals surface area contributed by atoms with Crippen LogP contribution < -0.4 is 15.0 Å². The highest BCUT2D eigenvalue weighted by Gasteiger charge is 2.36. The number of carbonyl (C=O) groups excluding carboxylic acids is 3. The maximum Gasteiger partial charge on any atom is 0.311 e. The van der Waals surface area contributed by atoms with E-state index in [2.05, 4.69) is 5.32 Å². The highest BCUT2D eigenvalue weighted by Crippen LogP contribution is 2.27. The largest absolute Gasteiger partial charge is 0.494 e. The van der Waals surface area contributed by atoms with Crippen LogP contribution in [0.5, 0.6) is 5.75 Å². The highest BCUT2D eigenvalue weighted by atomic mass is 16.5. The summed E-state index contributed by atoms with van der Waals surface area (Å²) in [6, 6.07) is 12.9. The van der Waals surface area contributed by atoms with Crippen molar-refractivity contribution in [1.82, 2.24) is 0 Å². The molecule has 31 heavy (non-hydrogen) atoms. The molecular weight excluding hydrogens is 396 g/mol. The normalized spacial score (nSPS) is 15.6. The first-order valence-corrected chi connectivity index (χ1v) is 10.4. The number of carbonyl (C=O) groups is 3. The van der Waals surface area contributed by atoms with Gasteiger partial charge in [0.05, 0.1) is 12.5 Å². The topological polar surface area (TPSA) is 84.9 Å². The van der Waals surface area contributed by atoms with Gasteiger partial charge in [0.15, 0.2) is 6.61 Å². The molecule has 1 aliphatic rings. The quantitative estimate of drug-likeness (QED) is 0.654. The first-order valence-electron chi connectivity index (χ1n) is 10.4. The van der Waals surface area contributed by atoms with E-state index in [1.165, 1.54) is 0 Å². The Morgan fingerprint density at radius 1 is 1.13 bits per heavy atom. The third-order valence-corrected chi connectivity index (χ3v) is 5.08. The zero-order chi connectivity index (χ0) is 22.4. The van der Waals surface area contributed by atoms with E-state index >= 15 is 0 Å². The van der Waals surface area contributed by atoms with Crippen LogP contribution in [0.2, 0.25) is 0 Å². The number of ether oxygens (including phenoxy) is 2. The summed E-state index contributed by atoms with van der Waals surface area (Å²) in [5.41, 5.74) is 3.42. The van der Waals surface area contributed by atoms with Crippen LogP contribution in [0.25, 0.3) is 0 Å². The van der Waals surface area contributed by atoms with E-state index in [-0.39, 0.29) is 25.5 Å². The molecule has 7 nitrogen and oxygen atoms in total. The lowest BCUT2D eigenvalue weighted by atomic mass is 10.1. The average Bonchev–Trinajstić information content (AvgIpc) is 3.14. The third kappa shape index (κ3) is 5.84. The molecule has 0 saturated carbocycles. The van der Waals surface area contributed by atoms with Gasteiger partial charge in [0, 0.05) is 24.3 Å². The van der Waals surface area contributed by atoms with Gasteiger partial charge in [-0.3, -0.25) is 14.4 Å². The Morgan fingerprint density at radius 2 is 1.87 bits per heavy atom. The summed E-state index contributed by atoms with van der Waals surface area (Å²) in [5.74, 6) is -0.969. The zero-order valence-corrected chi connectivity index (χ0v) is 18.1. The van der Waals surface area contributed by atoms with Gasteiger partial charge in [-0.25, -0.2) is 0 Å². The molecule has 2 aromatic carbocycles. The molecule has 3 rings (SSSR count). The number of nitrogens with one attached hydrogen (secondary N) is 1. The Bertz CT molecular complexity index is 955. The predicted molar refractivity (Wildman–Crippen MR) is 118 cm³/mol. The van der Waals surface area contributed by atoms with Crippen molar-refractivity contribution in [3.63, 3.8) is 0 Å². The van der Waals surface area contributed by atoms with Crippen LogP contribution in [0.4, 0.5) is 11.4 Å². The van der Waals surface area contributed by atoms with Crippen LogP contribution in [0, 0.1) is 19.8 Å². The Kier molecular flexibility index (Phi) is 7.28. The van der Waals surface area contributed by atoms with Crippen molar-refractivity contribution in [3.05, 3.63) is 53.6 Å². The minimum absolute atomic E-state index is 0.0611. The lowest BCUT2D eigenvalue weighted by molar-refractivity contribution is -0.151. The van der Waals surface area contributed by atoms with Gasteiger partial charge < -0.3 is 19.7 Å². The van der Waals surface area contributed by atoms with Gasteiger partial charge in [-0.15, -0.1) is 0 Å². The molecule has 1 fully saturated rings. The molecule has 0 radical (unpaired) electrons. The second kappa shape index (κ2) is 10.1. The van der Waals surface area contributed by atoms with Gasteiger partial charge >= 0.3 is 5.97 Å². The SMILES string of the molecule is CCCOc1ccc(N2C[C@H](C(=O)OCC(=O)Nc3ccc(C)cc3C)CC2=O)cc1. The summed E-state index contributed by atoms with van der Waals surface area (Å²) in [4.78, 5) is 38.5. The van der Waals surface area contributed by atoms with Gasteiger partial charge in [0.2, 0.25) is 5.91 Å². The molecule has 0 spiro atoms. The van der Waals surface area contributed by atoms with Gasteiger partial charge in [-0.05, 0) is 56.2 Å². The first kappa shape index (κ1) is 22.3. The average molecular weight is 424 g/mol. The van der Waals surface area contributed by atoms with E-state index in [0.29, 0.717) is 18.0 Å². The van der Waals surface area contributed by atoms with Crippen LogP contribution in [-0.4, -0.2) is 37.5 Å². The lowest BCUT2D eigenvalue weighted by Gasteiger charge is -2.17. The molecule has 2 amide bonds. The van der Waals surface area contributed by atoms with Crippen molar-refractivity contribution in [2.75, 3.05) is 30.0 Å². The lowest BCUT2D eigenvalue weighted by Crippen LogP contribution is -2.28. The van der Waals surface area contributed by atoms with Crippen LogP contribution in [0.15, 0.2) is 42.5 Å². The number of hydrogen-bond donors (Lipinski definition) is 1. The molecule has 0 bridgehead atoms. The minimum Gasteiger partial charge on any atom is -0.494 e. The number of rotatable bonds is 8. The number of aryl methyl sites for hydroxylation is 2. The number of hydrogen-bond acceptors (Lipinski definition) is 5. The molecule has 7 heteroatoms. The number of anilines is 2. The highest BCUT2D eigenvalue weighted by molar-refractivity contribution is 6.00.